The molecular weight excluding hydrogens is 349 g/mol. The Labute approximate surface area is 149 Å². The van der Waals surface area contributed by atoms with Gasteiger partial charge in [-0.1, -0.05) is 12.1 Å². The molecule has 0 unspecified atom stereocenters. The van der Waals surface area contributed by atoms with Crippen LogP contribution in [0.1, 0.15) is 18.9 Å². The van der Waals surface area contributed by atoms with Crippen LogP contribution < -0.4 is 16.4 Å². The van der Waals surface area contributed by atoms with Gasteiger partial charge < -0.3 is 21.1 Å². The number of carbonyl (C=O) groups is 3. The lowest BCUT2D eigenvalue weighted by molar-refractivity contribution is -0.156. The van der Waals surface area contributed by atoms with E-state index in [1.807, 2.05) is 6.26 Å². The number of rotatable bonds is 9. The van der Waals surface area contributed by atoms with Crippen LogP contribution in [0.5, 0.6) is 0 Å². The number of urea groups is 1. The van der Waals surface area contributed by atoms with Gasteiger partial charge in [0.2, 0.25) is 0 Å². The van der Waals surface area contributed by atoms with Crippen LogP contribution in [0.2, 0.25) is 0 Å². The largest absolute Gasteiger partial charge is 0.451 e. The maximum Gasteiger partial charge on any atom is 0.329 e. The highest BCUT2D eigenvalue weighted by Gasteiger charge is 2.25. The van der Waals surface area contributed by atoms with Gasteiger partial charge in [-0.25, -0.2) is 14.0 Å². The number of esters is 1. The second-order valence-electron chi connectivity index (χ2n) is 5.27. The van der Waals surface area contributed by atoms with Crippen LogP contribution in [0, 0.1) is 5.82 Å². The number of hydrogen-bond donors (Lipinski definition) is 3. The Kier molecular flexibility index (Phi) is 8.76. The molecule has 0 aromatic heterocycles. The lowest BCUT2D eigenvalue weighted by Crippen LogP contribution is -2.47. The number of hydrogen-bond acceptors (Lipinski definition) is 5. The standard InChI is InChI=1S/C16H22FN3O4S/c1-10(14(21)19-9-11-3-5-12(17)6-4-11)24-15(22)13(7-8-25-2)20-16(18)23/h3-6,10,13H,7-9H2,1-2H3,(H,19,21)(H3,18,20,23)/t10-,13+/m0/s1. The first-order valence-electron chi connectivity index (χ1n) is 7.61. The lowest BCUT2D eigenvalue weighted by atomic mass is 10.2. The van der Waals surface area contributed by atoms with Crippen LogP contribution in [0.3, 0.4) is 0 Å². The van der Waals surface area contributed by atoms with Crippen LogP contribution in [-0.2, 0) is 20.9 Å². The first-order chi connectivity index (χ1) is 11.8. The molecule has 138 valence electrons. The predicted molar refractivity (Wildman–Crippen MR) is 93.3 cm³/mol. The van der Waals surface area contributed by atoms with Gasteiger partial charge in [0, 0.05) is 6.54 Å². The summed E-state index contributed by atoms with van der Waals surface area (Å²) in [5.41, 5.74) is 5.76. The minimum Gasteiger partial charge on any atom is -0.451 e. The van der Waals surface area contributed by atoms with Crippen LogP contribution in [0.25, 0.3) is 0 Å². The summed E-state index contributed by atoms with van der Waals surface area (Å²) in [6.07, 6.45) is 1.16. The summed E-state index contributed by atoms with van der Waals surface area (Å²) in [6, 6.07) is 3.92. The van der Waals surface area contributed by atoms with Crippen molar-refractivity contribution in [2.45, 2.75) is 32.0 Å². The SMILES string of the molecule is CSCC[C@@H](NC(N)=O)C(=O)O[C@@H](C)C(=O)NCc1ccc(F)cc1. The number of thioether (sulfide) groups is 1. The monoisotopic (exact) mass is 371 g/mol. The van der Waals surface area contributed by atoms with Gasteiger partial charge in [-0.15, -0.1) is 0 Å². The summed E-state index contributed by atoms with van der Waals surface area (Å²) in [5.74, 6) is -0.973. The highest BCUT2D eigenvalue weighted by molar-refractivity contribution is 7.98. The maximum atomic E-state index is 12.8. The number of benzene rings is 1. The minimum absolute atomic E-state index is 0.177. The quantitative estimate of drug-likeness (QED) is 0.564. The zero-order valence-electron chi connectivity index (χ0n) is 14.1. The van der Waals surface area contributed by atoms with Gasteiger partial charge in [-0.05, 0) is 43.0 Å². The Morgan fingerprint density at radius 1 is 1.28 bits per heavy atom. The summed E-state index contributed by atoms with van der Waals surface area (Å²) >= 11 is 1.50. The number of nitrogens with two attached hydrogens (primary N) is 1. The molecule has 0 aliphatic rings. The van der Waals surface area contributed by atoms with E-state index in [-0.39, 0.29) is 12.4 Å². The van der Waals surface area contributed by atoms with Crippen molar-refractivity contribution in [2.75, 3.05) is 12.0 Å². The van der Waals surface area contributed by atoms with E-state index in [4.69, 9.17) is 10.5 Å². The van der Waals surface area contributed by atoms with Crippen molar-refractivity contribution < 1.29 is 23.5 Å². The molecule has 25 heavy (non-hydrogen) atoms. The number of halogens is 1. The smallest absolute Gasteiger partial charge is 0.329 e. The molecule has 7 nitrogen and oxygen atoms in total. The van der Waals surface area contributed by atoms with Crippen molar-refractivity contribution in [3.05, 3.63) is 35.6 Å². The lowest BCUT2D eigenvalue weighted by Gasteiger charge is -2.19. The Balaban J connectivity index is 2.51. The average molecular weight is 371 g/mol. The summed E-state index contributed by atoms with van der Waals surface area (Å²) in [5, 5.41) is 4.90. The zero-order valence-corrected chi connectivity index (χ0v) is 14.9. The van der Waals surface area contributed by atoms with Crippen molar-refractivity contribution in [3.63, 3.8) is 0 Å². The van der Waals surface area contributed by atoms with Crippen molar-refractivity contribution in [1.29, 1.82) is 0 Å². The first kappa shape index (κ1) is 20.8. The van der Waals surface area contributed by atoms with E-state index in [1.54, 1.807) is 12.1 Å². The highest BCUT2D eigenvalue weighted by Crippen LogP contribution is 2.06. The van der Waals surface area contributed by atoms with Gasteiger partial charge in [0.25, 0.3) is 5.91 Å². The van der Waals surface area contributed by atoms with Gasteiger partial charge in [0.1, 0.15) is 11.9 Å². The topological polar surface area (TPSA) is 111 Å². The number of carbonyl (C=O) groups excluding carboxylic acids is 3. The van der Waals surface area contributed by atoms with E-state index in [0.29, 0.717) is 17.7 Å². The third-order valence-corrected chi connectivity index (χ3v) is 3.90. The molecule has 0 bridgehead atoms. The van der Waals surface area contributed by atoms with Gasteiger partial charge >= 0.3 is 12.0 Å². The Hall–Kier alpha value is -2.29. The summed E-state index contributed by atoms with van der Waals surface area (Å²) in [4.78, 5) is 35.1. The molecule has 1 aromatic carbocycles. The molecule has 9 heteroatoms. The molecular formula is C16H22FN3O4S. The maximum absolute atomic E-state index is 12.8. The van der Waals surface area contributed by atoms with E-state index in [2.05, 4.69) is 10.6 Å². The summed E-state index contributed by atoms with van der Waals surface area (Å²) < 4.78 is 17.9. The Morgan fingerprint density at radius 3 is 2.48 bits per heavy atom. The molecule has 0 aliphatic heterocycles. The van der Waals surface area contributed by atoms with Crippen molar-refractivity contribution >= 4 is 29.7 Å². The molecule has 2 atom stereocenters. The number of nitrogens with one attached hydrogen (secondary N) is 2. The number of amides is 3. The summed E-state index contributed by atoms with van der Waals surface area (Å²) in [7, 11) is 0. The van der Waals surface area contributed by atoms with E-state index in [1.165, 1.54) is 30.8 Å². The predicted octanol–water partition coefficient (Wildman–Crippen LogP) is 1.16. The first-order valence-corrected chi connectivity index (χ1v) is 9.00. The zero-order chi connectivity index (χ0) is 18.8. The highest BCUT2D eigenvalue weighted by atomic mass is 32.2. The van der Waals surface area contributed by atoms with E-state index < -0.39 is 30.1 Å². The van der Waals surface area contributed by atoms with Gasteiger partial charge in [-0.3, -0.25) is 4.79 Å². The van der Waals surface area contributed by atoms with Crippen LogP contribution >= 0.6 is 11.8 Å². The van der Waals surface area contributed by atoms with Gasteiger partial charge in [-0.2, -0.15) is 11.8 Å². The fourth-order valence-corrected chi connectivity index (χ4v) is 2.37. The summed E-state index contributed by atoms with van der Waals surface area (Å²) in [6.45, 7) is 1.60. The molecule has 0 saturated carbocycles. The van der Waals surface area contributed by atoms with Crippen LogP contribution in [0.4, 0.5) is 9.18 Å². The third-order valence-electron chi connectivity index (χ3n) is 3.25. The van der Waals surface area contributed by atoms with Crippen LogP contribution in [0.15, 0.2) is 24.3 Å². The molecule has 0 radical (unpaired) electrons. The second kappa shape index (κ2) is 10.5. The van der Waals surface area contributed by atoms with E-state index >= 15 is 0 Å². The molecule has 0 spiro atoms. The van der Waals surface area contributed by atoms with Crippen molar-refractivity contribution in [3.8, 4) is 0 Å². The molecule has 0 fully saturated rings. The Morgan fingerprint density at radius 2 is 1.92 bits per heavy atom. The van der Waals surface area contributed by atoms with E-state index in [9.17, 15) is 18.8 Å². The number of primary amides is 1. The molecule has 3 amide bonds. The van der Waals surface area contributed by atoms with Gasteiger partial charge in [0.15, 0.2) is 6.10 Å². The molecule has 0 aliphatic carbocycles. The Bertz CT molecular complexity index is 598. The molecule has 1 rings (SSSR count). The second-order valence-corrected chi connectivity index (χ2v) is 6.25. The molecule has 0 saturated heterocycles. The molecule has 1 aromatic rings. The van der Waals surface area contributed by atoms with Crippen molar-refractivity contribution in [2.24, 2.45) is 5.73 Å². The average Bonchev–Trinajstić information content (AvgIpc) is 2.57. The normalized spacial score (nSPS) is 12.8. The molecule has 0 heterocycles. The molecule has 4 N–H and O–H groups in total. The van der Waals surface area contributed by atoms with E-state index in [0.717, 1.165) is 0 Å². The fourth-order valence-electron chi connectivity index (χ4n) is 1.90. The van der Waals surface area contributed by atoms with Crippen LogP contribution in [-0.4, -0.2) is 42.1 Å². The van der Waals surface area contributed by atoms with Crippen molar-refractivity contribution in [1.82, 2.24) is 10.6 Å². The minimum atomic E-state index is -1.04. The third kappa shape index (κ3) is 7.88. The van der Waals surface area contributed by atoms with Gasteiger partial charge in [0.05, 0.1) is 0 Å². The fraction of sp³-hybridized carbons (Fsp3) is 0.438. The number of ether oxygens (including phenoxy) is 1.